The topological polar surface area (TPSA) is 90.4 Å². The predicted octanol–water partition coefficient (Wildman–Crippen LogP) is 3.03. The number of aromatic nitrogens is 2. The van der Waals surface area contributed by atoms with Crippen LogP contribution in [0.1, 0.15) is 23.9 Å². The normalized spacial score (nSPS) is 12.0. The maximum Gasteiger partial charge on any atom is 0.293 e. The number of nitrogens with one attached hydrogen (secondary N) is 1. The summed E-state index contributed by atoms with van der Waals surface area (Å²) in [4.78, 5) is 16.4. The van der Waals surface area contributed by atoms with Crippen LogP contribution in [0.2, 0.25) is 0 Å². The molecule has 1 N–H and O–H groups in total. The Balaban J connectivity index is 1.56. The Morgan fingerprint density at radius 3 is 2.92 bits per heavy atom. The molecule has 1 aromatic carbocycles. The van der Waals surface area contributed by atoms with Gasteiger partial charge in [0.05, 0.1) is 12.8 Å². The molecule has 7 nitrogen and oxygen atoms in total. The Bertz CT molecular complexity index is 855. The van der Waals surface area contributed by atoms with E-state index in [1.165, 1.54) is 6.26 Å². The average Bonchev–Trinajstić information content (AvgIpc) is 3.26. The number of amides is 1. The fraction of sp³-hybridized carbons (Fsp3) is 0.278. The van der Waals surface area contributed by atoms with Gasteiger partial charge in [-0.15, -0.1) is 0 Å². The minimum Gasteiger partial charge on any atom is -0.481 e. The predicted molar refractivity (Wildman–Crippen MR) is 89.9 cm³/mol. The number of benzene rings is 1. The van der Waals surface area contributed by atoms with Crippen LogP contribution >= 0.6 is 0 Å². The van der Waals surface area contributed by atoms with Gasteiger partial charge in [-0.05, 0) is 50.1 Å². The quantitative estimate of drug-likeness (QED) is 0.741. The molecule has 0 radical (unpaired) electrons. The molecule has 0 aliphatic heterocycles. The summed E-state index contributed by atoms with van der Waals surface area (Å²) >= 11 is 0. The van der Waals surface area contributed by atoms with Crippen molar-refractivity contribution in [2.75, 3.05) is 0 Å². The van der Waals surface area contributed by atoms with Gasteiger partial charge in [-0.1, -0.05) is 17.3 Å². The van der Waals surface area contributed by atoms with Crippen LogP contribution in [0.3, 0.4) is 0 Å². The Labute approximate surface area is 145 Å². The maximum absolute atomic E-state index is 12.2. The van der Waals surface area contributed by atoms with Crippen LogP contribution in [-0.4, -0.2) is 22.2 Å². The molecular formula is C18H19N3O4. The van der Waals surface area contributed by atoms with Gasteiger partial charge in [0.25, 0.3) is 11.8 Å². The van der Waals surface area contributed by atoms with E-state index in [1.54, 1.807) is 19.1 Å². The molecule has 1 atom stereocenters. The van der Waals surface area contributed by atoms with E-state index in [2.05, 4.69) is 15.5 Å². The third-order valence-corrected chi connectivity index (χ3v) is 3.64. The minimum absolute atomic E-state index is 0.142. The van der Waals surface area contributed by atoms with Crippen molar-refractivity contribution >= 4 is 5.91 Å². The van der Waals surface area contributed by atoms with Crippen molar-refractivity contribution in [3.63, 3.8) is 0 Å². The molecule has 7 heteroatoms. The third-order valence-electron chi connectivity index (χ3n) is 3.64. The summed E-state index contributed by atoms with van der Waals surface area (Å²) < 4.78 is 16.0. The first kappa shape index (κ1) is 16.8. The highest BCUT2D eigenvalue weighted by Gasteiger charge is 2.17. The molecular weight excluding hydrogens is 322 g/mol. The van der Waals surface area contributed by atoms with Crippen LogP contribution in [0.15, 0.2) is 45.5 Å². The van der Waals surface area contributed by atoms with Crippen molar-refractivity contribution in [1.29, 1.82) is 0 Å². The van der Waals surface area contributed by atoms with E-state index in [0.29, 0.717) is 17.3 Å². The number of nitrogens with zero attached hydrogens (tertiary/aromatic N) is 2. The van der Waals surface area contributed by atoms with Gasteiger partial charge < -0.3 is 19.0 Å². The zero-order valence-corrected chi connectivity index (χ0v) is 14.3. The number of carbonyl (C=O) groups excluding carboxylic acids is 1. The van der Waals surface area contributed by atoms with Crippen molar-refractivity contribution in [3.8, 4) is 17.4 Å². The van der Waals surface area contributed by atoms with Gasteiger partial charge in [0.1, 0.15) is 5.75 Å². The smallest absolute Gasteiger partial charge is 0.293 e. The SMILES string of the molecule is Cc1ccc(C)c(O[C@H](C)C(=O)NCc2noc(-c3ccco3)n2)c1. The van der Waals surface area contributed by atoms with Gasteiger partial charge in [0.2, 0.25) is 0 Å². The lowest BCUT2D eigenvalue weighted by molar-refractivity contribution is -0.127. The van der Waals surface area contributed by atoms with Gasteiger partial charge in [0.15, 0.2) is 17.7 Å². The average molecular weight is 341 g/mol. The van der Waals surface area contributed by atoms with Gasteiger partial charge in [-0.3, -0.25) is 4.79 Å². The molecule has 2 aromatic heterocycles. The molecule has 3 rings (SSSR count). The van der Waals surface area contributed by atoms with E-state index < -0.39 is 6.10 Å². The number of hydrogen-bond donors (Lipinski definition) is 1. The van der Waals surface area contributed by atoms with E-state index in [9.17, 15) is 4.79 Å². The Morgan fingerprint density at radius 1 is 1.32 bits per heavy atom. The third kappa shape index (κ3) is 4.06. The molecule has 2 heterocycles. The summed E-state index contributed by atoms with van der Waals surface area (Å²) in [6, 6.07) is 9.32. The zero-order valence-electron chi connectivity index (χ0n) is 14.3. The molecule has 0 unspecified atom stereocenters. The molecule has 0 saturated heterocycles. The molecule has 0 aliphatic rings. The van der Waals surface area contributed by atoms with Gasteiger partial charge in [-0.25, -0.2) is 0 Å². The lowest BCUT2D eigenvalue weighted by Gasteiger charge is -2.16. The van der Waals surface area contributed by atoms with Gasteiger partial charge in [0, 0.05) is 0 Å². The monoisotopic (exact) mass is 341 g/mol. The lowest BCUT2D eigenvalue weighted by atomic mass is 10.1. The Hall–Kier alpha value is -3.09. The molecule has 0 aliphatic carbocycles. The van der Waals surface area contributed by atoms with E-state index in [1.807, 2.05) is 32.0 Å². The molecule has 130 valence electrons. The number of carbonyl (C=O) groups is 1. The second-order valence-corrected chi connectivity index (χ2v) is 5.74. The molecule has 0 bridgehead atoms. The number of aryl methyl sites for hydroxylation is 2. The van der Waals surface area contributed by atoms with Crippen molar-refractivity contribution in [2.45, 2.75) is 33.4 Å². The summed E-state index contributed by atoms with van der Waals surface area (Å²) in [5, 5.41) is 6.54. The van der Waals surface area contributed by atoms with Crippen LogP contribution in [0.4, 0.5) is 0 Å². The fourth-order valence-electron chi connectivity index (χ4n) is 2.21. The van der Waals surface area contributed by atoms with Crippen LogP contribution in [0.5, 0.6) is 5.75 Å². The standard InChI is InChI=1S/C18H19N3O4/c1-11-6-7-12(2)15(9-11)24-13(3)17(22)19-10-16-20-18(25-21-16)14-5-4-8-23-14/h4-9,13H,10H2,1-3H3,(H,19,22)/t13-/m1/s1. The molecule has 3 aromatic rings. The number of ether oxygens (including phenoxy) is 1. The van der Waals surface area contributed by atoms with Crippen LogP contribution in [-0.2, 0) is 11.3 Å². The molecule has 25 heavy (non-hydrogen) atoms. The highest BCUT2D eigenvalue weighted by molar-refractivity contribution is 5.80. The summed E-state index contributed by atoms with van der Waals surface area (Å²) in [6.07, 6.45) is 0.879. The number of rotatable bonds is 6. The van der Waals surface area contributed by atoms with Crippen molar-refractivity contribution in [2.24, 2.45) is 0 Å². The largest absolute Gasteiger partial charge is 0.481 e. The minimum atomic E-state index is -0.642. The van der Waals surface area contributed by atoms with Crippen molar-refractivity contribution in [3.05, 3.63) is 53.5 Å². The first-order chi connectivity index (χ1) is 12.0. The highest BCUT2D eigenvalue weighted by Crippen LogP contribution is 2.20. The maximum atomic E-state index is 12.2. The van der Waals surface area contributed by atoms with Gasteiger partial charge >= 0.3 is 0 Å². The Morgan fingerprint density at radius 2 is 2.16 bits per heavy atom. The highest BCUT2D eigenvalue weighted by atomic mass is 16.5. The molecule has 0 fully saturated rings. The van der Waals surface area contributed by atoms with Gasteiger partial charge in [-0.2, -0.15) is 4.98 Å². The summed E-state index contributed by atoms with van der Waals surface area (Å²) in [7, 11) is 0. The zero-order chi connectivity index (χ0) is 17.8. The number of furan rings is 1. The fourth-order valence-corrected chi connectivity index (χ4v) is 2.21. The molecule has 0 spiro atoms. The summed E-state index contributed by atoms with van der Waals surface area (Å²) in [5.41, 5.74) is 2.05. The Kier molecular flexibility index (Phi) is 4.83. The first-order valence-corrected chi connectivity index (χ1v) is 7.91. The van der Waals surface area contributed by atoms with E-state index in [-0.39, 0.29) is 18.3 Å². The van der Waals surface area contributed by atoms with Crippen LogP contribution in [0, 0.1) is 13.8 Å². The molecule has 0 saturated carbocycles. The summed E-state index contributed by atoms with van der Waals surface area (Å²) in [6.45, 7) is 5.75. The van der Waals surface area contributed by atoms with Crippen molar-refractivity contribution < 1.29 is 18.5 Å². The number of hydrogen-bond acceptors (Lipinski definition) is 6. The van der Waals surface area contributed by atoms with Crippen LogP contribution in [0.25, 0.3) is 11.7 Å². The lowest BCUT2D eigenvalue weighted by Crippen LogP contribution is -2.36. The van der Waals surface area contributed by atoms with Crippen molar-refractivity contribution in [1.82, 2.24) is 15.5 Å². The summed E-state index contributed by atoms with van der Waals surface area (Å²) in [5.74, 6) is 1.55. The second-order valence-electron chi connectivity index (χ2n) is 5.74. The van der Waals surface area contributed by atoms with E-state index in [4.69, 9.17) is 13.7 Å². The molecule has 1 amide bonds. The second kappa shape index (κ2) is 7.21. The van der Waals surface area contributed by atoms with Crippen LogP contribution < -0.4 is 10.1 Å². The van der Waals surface area contributed by atoms with E-state index >= 15 is 0 Å². The first-order valence-electron chi connectivity index (χ1n) is 7.91. The van der Waals surface area contributed by atoms with E-state index in [0.717, 1.165) is 11.1 Å².